The highest BCUT2D eigenvalue weighted by Gasteiger charge is 2.35. The monoisotopic (exact) mass is 407 g/mol. The van der Waals surface area contributed by atoms with Crippen molar-refractivity contribution < 1.29 is 14.2 Å². The molecule has 0 bridgehead atoms. The Balaban J connectivity index is 1.37. The summed E-state index contributed by atoms with van der Waals surface area (Å²) in [7, 11) is 0. The maximum atomic E-state index is 5.78. The number of fused-ring (bicyclic) bond motifs is 4. The van der Waals surface area contributed by atoms with E-state index >= 15 is 0 Å². The van der Waals surface area contributed by atoms with E-state index in [2.05, 4.69) is 33.0 Å². The molecule has 1 N–H and O–H groups in total. The molecule has 3 aliphatic rings. The molecule has 0 amide bonds. The Hall–Kier alpha value is -2.68. The van der Waals surface area contributed by atoms with Crippen molar-refractivity contribution in [3.63, 3.8) is 0 Å². The SMILES string of the molecule is c1cc(-c2ncc3c(n2)N2CCOCC2CN3CCC2OCCO2)c2cc[nH]c2c1. The van der Waals surface area contributed by atoms with Gasteiger partial charge >= 0.3 is 0 Å². The quantitative estimate of drug-likeness (QED) is 0.712. The van der Waals surface area contributed by atoms with E-state index in [-0.39, 0.29) is 6.29 Å². The van der Waals surface area contributed by atoms with Crippen molar-refractivity contribution in [2.75, 3.05) is 55.9 Å². The lowest BCUT2D eigenvalue weighted by molar-refractivity contribution is -0.0450. The van der Waals surface area contributed by atoms with Crippen LogP contribution in [0.2, 0.25) is 0 Å². The summed E-state index contributed by atoms with van der Waals surface area (Å²) < 4.78 is 17.0. The fourth-order valence-electron chi connectivity index (χ4n) is 4.70. The normalized spacial score (nSPS) is 21.8. The molecule has 0 saturated carbocycles. The Morgan fingerprint density at radius 2 is 2.07 bits per heavy atom. The molecular weight excluding hydrogens is 382 g/mol. The maximum absolute atomic E-state index is 5.78. The predicted octanol–water partition coefficient (Wildman–Crippen LogP) is 2.41. The van der Waals surface area contributed by atoms with Gasteiger partial charge < -0.3 is 29.0 Å². The van der Waals surface area contributed by atoms with Gasteiger partial charge in [0.05, 0.1) is 44.4 Å². The average molecular weight is 407 g/mol. The van der Waals surface area contributed by atoms with Crippen molar-refractivity contribution in [2.24, 2.45) is 0 Å². The summed E-state index contributed by atoms with van der Waals surface area (Å²) in [5, 5.41) is 1.14. The van der Waals surface area contributed by atoms with E-state index in [9.17, 15) is 0 Å². The summed E-state index contributed by atoms with van der Waals surface area (Å²) in [5.74, 6) is 1.76. The fourth-order valence-corrected chi connectivity index (χ4v) is 4.70. The highest BCUT2D eigenvalue weighted by atomic mass is 16.7. The molecule has 1 atom stereocenters. The molecule has 2 aromatic heterocycles. The Kier molecular flexibility index (Phi) is 4.55. The molecule has 156 valence electrons. The van der Waals surface area contributed by atoms with E-state index in [0.29, 0.717) is 19.3 Å². The Bertz CT molecular complexity index is 1050. The van der Waals surface area contributed by atoms with Crippen LogP contribution in [0.25, 0.3) is 22.3 Å². The number of benzene rings is 1. The van der Waals surface area contributed by atoms with Gasteiger partial charge in [0, 0.05) is 48.7 Å². The van der Waals surface area contributed by atoms with Crippen LogP contribution in [-0.4, -0.2) is 73.3 Å². The van der Waals surface area contributed by atoms with Gasteiger partial charge in [0.1, 0.15) is 0 Å². The topological polar surface area (TPSA) is 75.7 Å². The first-order valence-corrected chi connectivity index (χ1v) is 10.6. The van der Waals surface area contributed by atoms with Crippen LogP contribution >= 0.6 is 0 Å². The van der Waals surface area contributed by atoms with Gasteiger partial charge in [-0.3, -0.25) is 0 Å². The van der Waals surface area contributed by atoms with Gasteiger partial charge in [0.15, 0.2) is 17.9 Å². The molecule has 8 heteroatoms. The third-order valence-electron chi connectivity index (χ3n) is 6.18. The van der Waals surface area contributed by atoms with Crippen molar-refractivity contribution in [3.8, 4) is 11.4 Å². The van der Waals surface area contributed by atoms with Crippen LogP contribution in [-0.2, 0) is 14.2 Å². The lowest BCUT2D eigenvalue weighted by Gasteiger charge is -2.45. The number of H-pyrrole nitrogens is 1. The number of hydrogen-bond donors (Lipinski definition) is 1. The molecule has 3 aromatic rings. The number of morpholine rings is 1. The standard InChI is InChI=1S/C22H25N5O3/c1-2-17(16-4-6-23-18(16)3-1)21-24-12-19-22(25-21)27-8-9-28-14-15(27)13-26(19)7-5-20-29-10-11-30-20/h1-4,6,12,15,20,23H,5,7-11,13-14H2. The number of aromatic amines is 1. The largest absolute Gasteiger partial charge is 0.377 e. The van der Waals surface area contributed by atoms with Crippen LogP contribution in [0.4, 0.5) is 11.5 Å². The minimum absolute atomic E-state index is 0.111. The second kappa shape index (κ2) is 7.54. The molecule has 5 heterocycles. The molecule has 8 nitrogen and oxygen atoms in total. The van der Waals surface area contributed by atoms with Gasteiger partial charge in [0.2, 0.25) is 0 Å². The smallest absolute Gasteiger partial charge is 0.162 e. The third-order valence-corrected chi connectivity index (χ3v) is 6.18. The second-order valence-electron chi connectivity index (χ2n) is 7.97. The van der Waals surface area contributed by atoms with Crippen molar-refractivity contribution in [1.29, 1.82) is 0 Å². The Labute approximate surface area is 174 Å². The van der Waals surface area contributed by atoms with E-state index in [1.54, 1.807) is 0 Å². The molecule has 2 saturated heterocycles. The number of anilines is 2. The summed E-state index contributed by atoms with van der Waals surface area (Å²) in [4.78, 5) is 17.9. The van der Waals surface area contributed by atoms with Gasteiger partial charge in [-0.15, -0.1) is 0 Å². The molecule has 1 aromatic carbocycles. The molecule has 0 radical (unpaired) electrons. The van der Waals surface area contributed by atoms with Gasteiger partial charge in [0.25, 0.3) is 0 Å². The van der Waals surface area contributed by atoms with Crippen LogP contribution < -0.4 is 9.80 Å². The fraction of sp³-hybridized carbons (Fsp3) is 0.455. The molecule has 2 fully saturated rings. The zero-order chi connectivity index (χ0) is 19.9. The molecule has 0 spiro atoms. The first kappa shape index (κ1) is 18.1. The van der Waals surface area contributed by atoms with Gasteiger partial charge in [-0.2, -0.15) is 0 Å². The Morgan fingerprint density at radius 1 is 1.13 bits per heavy atom. The zero-order valence-electron chi connectivity index (χ0n) is 16.8. The lowest BCUT2D eigenvalue weighted by Crippen LogP contribution is -2.56. The van der Waals surface area contributed by atoms with Crippen LogP contribution in [0.5, 0.6) is 0 Å². The maximum Gasteiger partial charge on any atom is 0.162 e. The highest BCUT2D eigenvalue weighted by molar-refractivity contribution is 5.93. The number of rotatable bonds is 4. The van der Waals surface area contributed by atoms with Gasteiger partial charge in [-0.05, 0) is 12.1 Å². The van der Waals surface area contributed by atoms with Gasteiger partial charge in [-0.25, -0.2) is 9.97 Å². The number of aromatic nitrogens is 3. The number of hydrogen-bond acceptors (Lipinski definition) is 7. The van der Waals surface area contributed by atoms with E-state index in [1.807, 2.05) is 18.5 Å². The van der Waals surface area contributed by atoms with E-state index < -0.39 is 0 Å². The zero-order valence-corrected chi connectivity index (χ0v) is 16.8. The number of ether oxygens (including phenoxy) is 3. The van der Waals surface area contributed by atoms with Crippen LogP contribution in [0.1, 0.15) is 6.42 Å². The summed E-state index contributed by atoms with van der Waals surface area (Å²) in [6.07, 6.45) is 4.66. The van der Waals surface area contributed by atoms with Crippen molar-refractivity contribution in [2.45, 2.75) is 18.8 Å². The van der Waals surface area contributed by atoms with E-state index in [0.717, 1.165) is 73.1 Å². The van der Waals surface area contributed by atoms with Crippen molar-refractivity contribution >= 4 is 22.4 Å². The summed E-state index contributed by atoms with van der Waals surface area (Å²) in [5.41, 5.74) is 3.22. The summed E-state index contributed by atoms with van der Waals surface area (Å²) >= 11 is 0. The van der Waals surface area contributed by atoms with Gasteiger partial charge in [-0.1, -0.05) is 12.1 Å². The average Bonchev–Trinajstić information content (AvgIpc) is 3.49. The minimum Gasteiger partial charge on any atom is -0.377 e. The van der Waals surface area contributed by atoms with E-state index in [1.165, 1.54) is 0 Å². The van der Waals surface area contributed by atoms with Crippen LogP contribution in [0.3, 0.4) is 0 Å². The van der Waals surface area contributed by atoms with E-state index in [4.69, 9.17) is 24.2 Å². The van der Waals surface area contributed by atoms with Crippen LogP contribution in [0, 0.1) is 0 Å². The van der Waals surface area contributed by atoms with Crippen molar-refractivity contribution in [3.05, 3.63) is 36.7 Å². The molecule has 30 heavy (non-hydrogen) atoms. The first-order valence-electron chi connectivity index (χ1n) is 10.6. The first-order chi connectivity index (χ1) is 14.9. The molecule has 3 aliphatic heterocycles. The molecular formula is C22H25N5O3. The summed E-state index contributed by atoms with van der Waals surface area (Å²) in [6.45, 7) is 5.41. The minimum atomic E-state index is -0.111. The predicted molar refractivity (Wildman–Crippen MR) is 114 cm³/mol. The molecule has 6 rings (SSSR count). The highest BCUT2D eigenvalue weighted by Crippen LogP contribution is 2.37. The number of nitrogens with zero attached hydrogens (tertiary/aromatic N) is 4. The third kappa shape index (κ3) is 3.12. The Morgan fingerprint density at radius 3 is 3.00 bits per heavy atom. The second-order valence-corrected chi connectivity index (χ2v) is 7.97. The van der Waals surface area contributed by atoms with Crippen molar-refractivity contribution in [1.82, 2.24) is 15.0 Å². The van der Waals surface area contributed by atoms with Crippen LogP contribution in [0.15, 0.2) is 36.7 Å². The molecule has 1 unspecified atom stereocenters. The summed E-state index contributed by atoms with van der Waals surface area (Å²) in [6, 6.07) is 8.58. The molecule has 0 aliphatic carbocycles. The lowest BCUT2D eigenvalue weighted by atomic mass is 10.1. The number of nitrogens with one attached hydrogen (secondary N) is 1.